The van der Waals surface area contributed by atoms with E-state index >= 15 is 0 Å². The number of aryl methyl sites for hydroxylation is 1. The lowest BCUT2D eigenvalue weighted by Gasteiger charge is -2.29. The largest absolute Gasteiger partial charge is 0.390 e. The first-order valence-corrected chi connectivity index (χ1v) is 20.5. The predicted octanol–water partition coefficient (Wildman–Crippen LogP) is 3.31. The molecular weight excluding hydrogens is 723 g/mol. The number of amides is 4. The number of nitrogens with zero attached hydrogens (tertiary/aromatic N) is 4. The number of aromatic nitrogens is 2. The molecule has 2 aromatic carbocycles. The second-order valence-electron chi connectivity index (χ2n) is 15.1. The highest BCUT2D eigenvalue weighted by molar-refractivity contribution is 7.91. The summed E-state index contributed by atoms with van der Waals surface area (Å²) < 4.78 is 27.9. The molecule has 0 bridgehead atoms. The topological polar surface area (TPSA) is 189 Å². The van der Waals surface area contributed by atoms with E-state index in [1.807, 2.05) is 60.7 Å². The maximum Gasteiger partial charge on any atom is 0.272 e. The van der Waals surface area contributed by atoms with Crippen LogP contribution in [0.4, 0.5) is 0 Å². The molecule has 4 amide bonds. The SMILES string of the molecule is Cc1cnc(C(=O)N[C@H]2CCCCC/C=C\[C@@H]3C[C@@]3(C(=O)NS(=O)(=O)C3CC3)NC(=O)[C@@H]3C[C@@H](ON=C4c5ccccc5-c5ccccc54)CN3C2=O)cn1. The van der Waals surface area contributed by atoms with Gasteiger partial charge in [-0.25, -0.2) is 13.4 Å². The van der Waals surface area contributed by atoms with Gasteiger partial charge in [0.05, 0.1) is 23.7 Å². The van der Waals surface area contributed by atoms with E-state index in [4.69, 9.17) is 4.84 Å². The molecule has 3 fully saturated rings. The van der Waals surface area contributed by atoms with Crippen LogP contribution in [0.2, 0.25) is 0 Å². The number of allylic oxidation sites excluding steroid dienone is 1. The molecule has 5 atom stereocenters. The number of carbonyl (C=O) groups excluding carboxylic acids is 4. The highest BCUT2D eigenvalue weighted by Gasteiger charge is 2.62. The van der Waals surface area contributed by atoms with Crippen molar-refractivity contribution in [1.82, 2.24) is 30.2 Å². The van der Waals surface area contributed by atoms with Crippen LogP contribution in [0, 0.1) is 12.8 Å². The average molecular weight is 766 g/mol. The first-order chi connectivity index (χ1) is 26.5. The van der Waals surface area contributed by atoms with E-state index in [1.165, 1.54) is 17.3 Å². The molecule has 0 radical (unpaired) electrons. The molecular formula is C40H43N7O7S. The Kier molecular flexibility index (Phi) is 9.74. The Morgan fingerprint density at radius 1 is 0.945 bits per heavy atom. The highest BCUT2D eigenvalue weighted by Crippen LogP contribution is 2.46. The van der Waals surface area contributed by atoms with Gasteiger partial charge in [-0.3, -0.25) is 28.9 Å². The monoisotopic (exact) mass is 765 g/mol. The van der Waals surface area contributed by atoms with Crippen molar-refractivity contribution in [3.8, 4) is 11.1 Å². The molecule has 3 heterocycles. The van der Waals surface area contributed by atoms with E-state index in [1.54, 1.807) is 6.92 Å². The highest BCUT2D eigenvalue weighted by atomic mass is 32.2. The molecule has 1 saturated heterocycles. The first-order valence-electron chi connectivity index (χ1n) is 18.9. The van der Waals surface area contributed by atoms with E-state index in [0.717, 1.165) is 35.1 Å². The number of hydrogen-bond acceptors (Lipinski definition) is 10. The molecule has 3 aromatic rings. The van der Waals surface area contributed by atoms with Gasteiger partial charge in [0.15, 0.2) is 0 Å². The van der Waals surface area contributed by atoms with Gasteiger partial charge in [0.1, 0.15) is 35.1 Å². The molecule has 5 aliphatic rings. The third kappa shape index (κ3) is 7.36. The van der Waals surface area contributed by atoms with Crippen LogP contribution in [0.15, 0.2) is 78.2 Å². The second kappa shape index (κ2) is 14.7. The van der Waals surface area contributed by atoms with Gasteiger partial charge < -0.3 is 20.4 Å². The summed E-state index contributed by atoms with van der Waals surface area (Å²) in [5.41, 5.74) is 3.66. The predicted molar refractivity (Wildman–Crippen MR) is 202 cm³/mol. The number of oxime groups is 1. The van der Waals surface area contributed by atoms with Crippen LogP contribution in [0.1, 0.15) is 85.1 Å². The Labute approximate surface area is 319 Å². The zero-order chi connectivity index (χ0) is 38.3. The fraction of sp³-hybridized carbons (Fsp3) is 0.425. The third-order valence-electron chi connectivity index (χ3n) is 11.1. The smallest absolute Gasteiger partial charge is 0.272 e. The van der Waals surface area contributed by atoms with Crippen molar-refractivity contribution < 1.29 is 32.4 Å². The molecule has 0 unspecified atom stereocenters. The van der Waals surface area contributed by atoms with Gasteiger partial charge >= 0.3 is 0 Å². The number of rotatable bonds is 7. The van der Waals surface area contributed by atoms with Gasteiger partial charge in [-0.15, -0.1) is 0 Å². The van der Waals surface area contributed by atoms with Gasteiger partial charge in [-0.1, -0.05) is 78.7 Å². The number of hydrogen-bond donors (Lipinski definition) is 3. The van der Waals surface area contributed by atoms with Crippen molar-refractivity contribution in [1.29, 1.82) is 0 Å². The molecule has 2 saturated carbocycles. The summed E-state index contributed by atoms with van der Waals surface area (Å²) in [6.07, 6.45) is 10.3. The first kappa shape index (κ1) is 36.5. The molecule has 55 heavy (non-hydrogen) atoms. The minimum atomic E-state index is -3.89. The Morgan fingerprint density at radius 3 is 2.33 bits per heavy atom. The van der Waals surface area contributed by atoms with Crippen molar-refractivity contribution in [2.24, 2.45) is 11.1 Å². The van der Waals surface area contributed by atoms with Crippen LogP contribution < -0.4 is 15.4 Å². The van der Waals surface area contributed by atoms with E-state index in [9.17, 15) is 27.6 Å². The summed E-state index contributed by atoms with van der Waals surface area (Å²) in [6.45, 7) is 1.73. The standard InChI is InChI=1S/C40H43N7O7S/c1-24-21-42-33(22-41-24)36(48)43-32-16-6-4-2-3-5-11-25-20-40(25,39(51)46-55(52,53)27-17-18-27)44-37(49)34-19-26(23-47(34)38(32)50)54-45-35-30-14-9-7-12-28(30)29-13-8-10-15-31(29)35/h5,7-15,21-22,25-27,32,34H,2-4,6,16-20,23H2,1H3,(H,43,48)(H,44,49)(H,46,51)/b11-5-/t25-,26-,32+,34+,40-/m1/s1. The van der Waals surface area contributed by atoms with Crippen LogP contribution in [0.5, 0.6) is 0 Å². The van der Waals surface area contributed by atoms with Crippen molar-refractivity contribution in [3.05, 3.63) is 95.6 Å². The summed E-state index contributed by atoms with van der Waals surface area (Å²) in [5.74, 6) is -2.89. The Balaban J connectivity index is 1.10. The lowest BCUT2D eigenvalue weighted by Crippen LogP contribution is -2.58. The zero-order valence-corrected chi connectivity index (χ0v) is 31.3. The normalized spacial score (nSPS) is 26.9. The minimum absolute atomic E-state index is 0.0215. The molecule has 8 rings (SSSR count). The fourth-order valence-corrected chi connectivity index (χ4v) is 9.16. The van der Waals surface area contributed by atoms with Gasteiger partial charge in [0.25, 0.3) is 11.8 Å². The van der Waals surface area contributed by atoms with Crippen molar-refractivity contribution >= 4 is 39.4 Å². The molecule has 14 nitrogen and oxygen atoms in total. The third-order valence-corrected chi connectivity index (χ3v) is 12.9. The summed E-state index contributed by atoms with van der Waals surface area (Å²) in [7, 11) is -3.89. The van der Waals surface area contributed by atoms with Crippen LogP contribution in [-0.4, -0.2) is 88.1 Å². The summed E-state index contributed by atoms with van der Waals surface area (Å²) in [5, 5.41) is 9.71. The van der Waals surface area contributed by atoms with Gasteiger partial charge in [-0.05, 0) is 56.6 Å². The summed E-state index contributed by atoms with van der Waals surface area (Å²) >= 11 is 0. The van der Waals surface area contributed by atoms with Gasteiger partial charge in [0, 0.05) is 29.7 Å². The minimum Gasteiger partial charge on any atom is -0.390 e. The Hall–Kier alpha value is -5.44. The van der Waals surface area contributed by atoms with Crippen LogP contribution in [0.25, 0.3) is 11.1 Å². The summed E-state index contributed by atoms with van der Waals surface area (Å²) in [4.78, 5) is 72.0. The summed E-state index contributed by atoms with van der Waals surface area (Å²) in [6, 6.07) is 13.6. The number of nitrogens with one attached hydrogen (secondary N) is 3. The van der Waals surface area contributed by atoms with Crippen LogP contribution in [0.3, 0.4) is 0 Å². The van der Waals surface area contributed by atoms with E-state index in [2.05, 4.69) is 30.5 Å². The van der Waals surface area contributed by atoms with E-state index in [0.29, 0.717) is 43.5 Å². The van der Waals surface area contributed by atoms with E-state index in [-0.39, 0.29) is 25.1 Å². The van der Waals surface area contributed by atoms with Crippen LogP contribution >= 0.6 is 0 Å². The second-order valence-corrected chi connectivity index (χ2v) is 17.0. The molecule has 3 N–H and O–H groups in total. The fourth-order valence-electron chi connectivity index (χ4n) is 7.80. The van der Waals surface area contributed by atoms with Crippen molar-refractivity contribution in [2.45, 2.75) is 93.7 Å². The lowest BCUT2D eigenvalue weighted by molar-refractivity contribution is -0.141. The number of benzene rings is 2. The van der Waals surface area contributed by atoms with Gasteiger partial charge in [-0.2, -0.15) is 0 Å². The molecule has 15 heteroatoms. The van der Waals surface area contributed by atoms with Crippen molar-refractivity contribution in [2.75, 3.05) is 6.54 Å². The zero-order valence-electron chi connectivity index (χ0n) is 30.4. The maximum atomic E-state index is 14.6. The average Bonchev–Trinajstić information content (AvgIpc) is 4.08. The number of sulfonamides is 1. The lowest BCUT2D eigenvalue weighted by atomic mass is 10.0. The van der Waals surface area contributed by atoms with Crippen LogP contribution in [-0.2, 0) is 29.2 Å². The molecule has 1 aromatic heterocycles. The molecule has 0 spiro atoms. The molecule has 3 aliphatic carbocycles. The number of carbonyl (C=O) groups is 4. The molecule has 2 aliphatic heterocycles. The Morgan fingerprint density at radius 2 is 1.65 bits per heavy atom. The molecule has 286 valence electrons. The van der Waals surface area contributed by atoms with E-state index < -0.39 is 68.5 Å². The maximum absolute atomic E-state index is 14.6. The quantitative estimate of drug-likeness (QED) is 0.187. The van der Waals surface area contributed by atoms with Crippen molar-refractivity contribution in [3.63, 3.8) is 0 Å². The Bertz CT molecular complexity index is 2160. The number of fused-ring (bicyclic) bond motifs is 5. The van der Waals surface area contributed by atoms with Gasteiger partial charge in [0.2, 0.25) is 21.8 Å².